The van der Waals surface area contributed by atoms with Gasteiger partial charge in [-0.2, -0.15) is 0 Å². The summed E-state index contributed by atoms with van der Waals surface area (Å²) in [6, 6.07) is 4.06. The summed E-state index contributed by atoms with van der Waals surface area (Å²) in [6.07, 6.45) is 16.3. The van der Waals surface area contributed by atoms with Crippen LogP contribution in [-0.2, 0) is 0 Å². The van der Waals surface area contributed by atoms with E-state index in [-0.39, 0.29) is 5.96 Å². The first-order valence-corrected chi connectivity index (χ1v) is 7.79. The molecule has 1 aromatic rings. The molecule has 3 N–H and O–H groups in total. The summed E-state index contributed by atoms with van der Waals surface area (Å²) in [5, 5.41) is 3.66. The van der Waals surface area contributed by atoms with Crippen LogP contribution in [0.1, 0.15) is 6.42 Å². The Morgan fingerprint density at radius 1 is 1.45 bits per heavy atom. The normalized spacial score (nSPS) is 18.9. The molecule has 0 aromatic carbocycles. The lowest BCUT2D eigenvalue weighted by Gasteiger charge is -2.15. The second-order valence-electron chi connectivity index (χ2n) is 4.46. The molecule has 5 nitrogen and oxygen atoms in total. The molecule has 2 rings (SSSR count). The van der Waals surface area contributed by atoms with Crippen molar-refractivity contribution in [3.63, 3.8) is 0 Å². The van der Waals surface area contributed by atoms with Gasteiger partial charge in [0.2, 0.25) is 5.96 Å². The van der Waals surface area contributed by atoms with Crippen molar-refractivity contribution in [3.05, 3.63) is 60.7 Å². The molecule has 1 unspecified atom stereocenters. The number of guanidine groups is 1. The molecular formula is C16H19N5S. The van der Waals surface area contributed by atoms with Gasteiger partial charge in [-0.1, -0.05) is 12.2 Å². The van der Waals surface area contributed by atoms with Crippen LogP contribution in [0.25, 0.3) is 0 Å². The van der Waals surface area contributed by atoms with Crippen molar-refractivity contribution in [2.75, 3.05) is 7.05 Å². The standard InChI is InChI=1S/C16H19N5S/c1-18-16(17)21-10-2-9-20-13-3-5-14(6-4-13)22-15-7-11-19-12-8-15/h2-5,7-12,14,20H,6H2,1H3,(H2,17,18)/b9-2+,21-10-. The Kier molecular flexibility index (Phi) is 6.44. The quantitative estimate of drug-likeness (QED) is 0.647. The zero-order valence-corrected chi connectivity index (χ0v) is 13.2. The van der Waals surface area contributed by atoms with E-state index in [1.165, 1.54) is 4.90 Å². The van der Waals surface area contributed by atoms with Crippen LogP contribution in [0, 0.1) is 0 Å². The monoisotopic (exact) mass is 313 g/mol. The molecule has 6 heteroatoms. The van der Waals surface area contributed by atoms with E-state index in [9.17, 15) is 0 Å². The van der Waals surface area contributed by atoms with E-state index in [2.05, 4.69) is 38.5 Å². The van der Waals surface area contributed by atoms with Gasteiger partial charge in [0.05, 0.1) is 0 Å². The van der Waals surface area contributed by atoms with Crippen LogP contribution in [0.15, 0.2) is 75.6 Å². The van der Waals surface area contributed by atoms with Gasteiger partial charge in [-0.15, -0.1) is 11.8 Å². The zero-order valence-electron chi connectivity index (χ0n) is 12.4. The lowest BCUT2D eigenvalue weighted by atomic mass is 10.1. The van der Waals surface area contributed by atoms with Crippen molar-refractivity contribution in [2.45, 2.75) is 16.6 Å². The average molecular weight is 313 g/mol. The Hall–Kier alpha value is -2.34. The van der Waals surface area contributed by atoms with Crippen molar-refractivity contribution < 1.29 is 0 Å². The highest BCUT2D eigenvalue weighted by Crippen LogP contribution is 2.28. The first-order chi connectivity index (χ1) is 10.8. The number of nitrogens with zero attached hydrogens (tertiary/aromatic N) is 3. The maximum absolute atomic E-state index is 5.45. The molecule has 1 heterocycles. The van der Waals surface area contributed by atoms with Crippen LogP contribution in [-0.4, -0.2) is 29.5 Å². The fourth-order valence-electron chi connectivity index (χ4n) is 1.75. The molecule has 0 saturated carbocycles. The lowest BCUT2D eigenvalue weighted by molar-refractivity contribution is 0.981. The molecule has 0 saturated heterocycles. The molecular weight excluding hydrogens is 294 g/mol. The highest BCUT2D eigenvalue weighted by atomic mass is 32.2. The summed E-state index contributed by atoms with van der Waals surface area (Å²) >= 11 is 1.84. The van der Waals surface area contributed by atoms with Crippen molar-refractivity contribution >= 4 is 23.9 Å². The highest BCUT2D eigenvalue weighted by Gasteiger charge is 2.09. The van der Waals surface area contributed by atoms with Crippen LogP contribution < -0.4 is 11.1 Å². The first-order valence-electron chi connectivity index (χ1n) is 6.91. The number of rotatable bonds is 5. The molecule has 1 aliphatic carbocycles. The Bertz CT molecular complexity index is 617. The predicted molar refractivity (Wildman–Crippen MR) is 94.0 cm³/mol. The molecule has 1 aromatic heterocycles. The van der Waals surface area contributed by atoms with E-state index in [0.29, 0.717) is 5.25 Å². The fourth-order valence-corrected chi connectivity index (χ4v) is 2.73. The summed E-state index contributed by atoms with van der Waals surface area (Å²) in [6.45, 7) is 0. The van der Waals surface area contributed by atoms with Gasteiger partial charge in [0.25, 0.3) is 0 Å². The number of hydrogen-bond donors (Lipinski definition) is 2. The topological polar surface area (TPSA) is 75.7 Å². The molecule has 0 amide bonds. The zero-order chi connectivity index (χ0) is 15.6. The average Bonchev–Trinajstić information content (AvgIpc) is 2.57. The molecule has 114 valence electrons. The van der Waals surface area contributed by atoms with E-state index in [0.717, 1.165) is 12.1 Å². The van der Waals surface area contributed by atoms with Gasteiger partial charge in [0.1, 0.15) is 0 Å². The molecule has 0 radical (unpaired) electrons. The Morgan fingerprint density at radius 3 is 2.95 bits per heavy atom. The maximum atomic E-state index is 5.45. The van der Waals surface area contributed by atoms with Crippen LogP contribution in [0.4, 0.5) is 0 Å². The van der Waals surface area contributed by atoms with E-state index >= 15 is 0 Å². The molecule has 22 heavy (non-hydrogen) atoms. The Labute approximate surface area is 134 Å². The van der Waals surface area contributed by atoms with E-state index in [4.69, 9.17) is 5.73 Å². The van der Waals surface area contributed by atoms with Gasteiger partial charge in [-0.25, -0.2) is 4.99 Å². The van der Waals surface area contributed by atoms with Crippen LogP contribution >= 0.6 is 11.8 Å². The molecule has 0 spiro atoms. The number of pyridine rings is 1. The van der Waals surface area contributed by atoms with Gasteiger partial charge >= 0.3 is 0 Å². The van der Waals surface area contributed by atoms with Crippen LogP contribution in [0.5, 0.6) is 0 Å². The van der Waals surface area contributed by atoms with E-state index in [1.54, 1.807) is 19.3 Å². The third-order valence-corrected chi connectivity index (χ3v) is 4.06. The summed E-state index contributed by atoms with van der Waals surface area (Å²) < 4.78 is 0. The SMILES string of the molecule is CN=C(N)/N=C\C=C\NC1=CCC(Sc2ccncc2)C=C1. The van der Waals surface area contributed by atoms with Gasteiger partial charge in [0, 0.05) is 47.7 Å². The summed E-state index contributed by atoms with van der Waals surface area (Å²) in [4.78, 5) is 12.9. The Morgan fingerprint density at radius 2 is 2.27 bits per heavy atom. The highest BCUT2D eigenvalue weighted by molar-refractivity contribution is 8.00. The third kappa shape index (κ3) is 5.57. The first kappa shape index (κ1) is 16.0. The number of thioether (sulfide) groups is 1. The van der Waals surface area contributed by atoms with Crippen LogP contribution in [0.3, 0.4) is 0 Å². The molecule has 0 aliphatic heterocycles. The second kappa shape index (κ2) is 8.84. The summed E-state index contributed by atoms with van der Waals surface area (Å²) in [7, 11) is 1.60. The van der Waals surface area contributed by atoms with Gasteiger partial charge in [-0.05, 0) is 30.7 Å². The minimum atomic E-state index is 0.261. The number of aliphatic imine (C=N–C) groups is 2. The number of allylic oxidation sites excluding steroid dienone is 3. The smallest absolute Gasteiger partial charge is 0.214 e. The van der Waals surface area contributed by atoms with Gasteiger partial charge < -0.3 is 11.1 Å². The predicted octanol–water partition coefficient (Wildman–Crippen LogP) is 2.50. The summed E-state index contributed by atoms with van der Waals surface area (Å²) in [5.41, 5.74) is 6.52. The molecule has 0 bridgehead atoms. The van der Waals surface area contributed by atoms with Crippen molar-refractivity contribution in [2.24, 2.45) is 15.7 Å². The number of nitrogens with two attached hydrogens (primary N) is 1. The number of nitrogens with one attached hydrogen (secondary N) is 1. The third-order valence-electron chi connectivity index (χ3n) is 2.87. The minimum Gasteiger partial charge on any atom is -0.368 e. The largest absolute Gasteiger partial charge is 0.368 e. The van der Waals surface area contributed by atoms with Crippen molar-refractivity contribution in [1.29, 1.82) is 0 Å². The maximum Gasteiger partial charge on any atom is 0.214 e. The van der Waals surface area contributed by atoms with E-state index in [1.807, 2.05) is 42.5 Å². The number of hydrogen-bond acceptors (Lipinski definition) is 4. The van der Waals surface area contributed by atoms with Crippen LogP contribution in [0.2, 0.25) is 0 Å². The summed E-state index contributed by atoms with van der Waals surface area (Å²) in [5.74, 6) is 0.261. The van der Waals surface area contributed by atoms with Gasteiger partial charge in [0.15, 0.2) is 0 Å². The Balaban J connectivity index is 1.77. The number of aromatic nitrogens is 1. The lowest BCUT2D eigenvalue weighted by Crippen LogP contribution is -2.09. The van der Waals surface area contributed by atoms with E-state index < -0.39 is 0 Å². The van der Waals surface area contributed by atoms with Crippen molar-refractivity contribution in [1.82, 2.24) is 10.3 Å². The molecule has 0 fully saturated rings. The van der Waals surface area contributed by atoms with Gasteiger partial charge in [-0.3, -0.25) is 9.98 Å². The second-order valence-corrected chi connectivity index (χ2v) is 5.77. The molecule has 1 atom stereocenters. The molecule has 1 aliphatic rings. The van der Waals surface area contributed by atoms with Crippen molar-refractivity contribution in [3.8, 4) is 0 Å². The minimum absolute atomic E-state index is 0.261. The fraction of sp³-hybridized carbons (Fsp3) is 0.188.